The Morgan fingerprint density at radius 3 is 0.884 bits per heavy atom. The molecule has 0 spiro atoms. The number of ether oxygens (including phenoxy) is 4. The molecule has 0 aromatic carbocycles. The van der Waals surface area contributed by atoms with Crippen LogP contribution in [0.5, 0.6) is 0 Å². The van der Waals surface area contributed by atoms with Crippen molar-refractivity contribution in [2.45, 2.75) is 349 Å². The summed E-state index contributed by atoms with van der Waals surface area (Å²) in [4.78, 5) is 72.1. The highest BCUT2D eigenvalue weighted by Crippen LogP contribution is 2.45. The van der Waals surface area contributed by atoms with Gasteiger partial charge in [0.15, 0.2) is 12.2 Å². The maximum absolute atomic E-state index is 13.0. The molecule has 0 fully saturated rings. The first-order chi connectivity index (χ1) is 41.3. The molecule has 17 nitrogen and oxygen atoms in total. The Morgan fingerprint density at radius 1 is 0.337 bits per heavy atom. The molecule has 0 bridgehead atoms. The molecule has 0 aromatic heterocycles. The minimum Gasteiger partial charge on any atom is -0.462 e. The Labute approximate surface area is 524 Å². The van der Waals surface area contributed by atoms with Crippen molar-refractivity contribution in [3.63, 3.8) is 0 Å². The van der Waals surface area contributed by atoms with E-state index in [0.29, 0.717) is 25.7 Å². The summed E-state index contributed by atoms with van der Waals surface area (Å²) >= 11 is 0. The average Bonchev–Trinajstić information content (AvgIpc) is 3.68. The van der Waals surface area contributed by atoms with Crippen LogP contribution in [-0.4, -0.2) is 96.7 Å². The van der Waals surface area contributed by atoms with Crippen molar-refractivity contribution in [3.05, 3.63) is 0 Å². The summed E-state index contributed by atoms with van der Waals surface area (Å²) in [5.74, 6) is 0.138. The van der Waals surface area contributed by atoms with Gasteiger partial charge in [-0.2, -0.15) is 0 Å². The number of rotatable bonds is 65. The van der Waals surface area contributed by atoms with Crippen molar-refractivity contribution in [2.24, 2.45) is 17.8 Å². The molecule has 0 amide bonds. The maximum atomic E-state index is 13.0. The van der Waals surface area contributed by atoms with E-state index in [1.807, 2.05) is 0 Å². The second-order valence-corrected chi connectivity index (χ2v) is 28.3. The maximum Gasteiger partial charge on any atom is 0.472 e. The van der Waals surface area contributed by atoms with E-state index in [9.17, 15) is 43.2 Å². The molecule has 0 aromatic rings. The van der Waals surface area contributed by atoms with Crippen LogP contribution in [0, 0.1) is 17.8 Å². The molecular weight excluding hydrogens is 1140 g/mol. The van der Waals surface area contributed by atoms with Gasteiger partial charge in [-0.25, -0.2) is 9.13 Å². The second-order valence-electron chi connectivity index (χ2n) is 25.4. The van der Waals surface area contributed by atoms with E-state index in [4.69, 9.17) is 37.0 Å². The Kier molecular flexibility index (Phi) is 56.9. The summed E-state index contributed by atoms with van der Waals surface area (Å²) in [5, 5.41) is 10.5. The van der Waals surface area contributed by atoms with Gasteiger partial charge in [0.25, 0.3) is 0 Å². The van der Waals surface area contributed by atoms with Gasteiger partial charge in [0.2, 0.25) is 0 Å². The molecule has 3 N–H and O–H groups in total. The van der Waals surface area contributed by atoms with Gasteiger partial charge < -0.3 is 33.8 Å². The lowest BCUT2D eigenvalue weighted by Gasteiger charge is -2.21. The van der Waals surface area contributed by atoms with E-state index in [2.05, 4.69) is 48.5 Å². The molecule has 0 aliphatic heterocycles. The zero-order valence-electron chi connectivity index (χ0n) is 55.8. The molecule has 510 valence electrons. The van der Waals surface area contributed by atoms with E-state index in [-0.39, 0.29) is 25.7 Å². The SMILES string of the molecule is CCCCCCCC(=O)OC[C@H](COP(=O)(O)OC[C@H](O)COP(=O)(O)OC[C@@H](COC(=O)CCCCCCCCCCCCC(C)C)OC(=O)CCCCCCCCCCCCCCCCCC(C)C)OC(=O)CCCCCCCCC(C)CC. The lowest BCUT2D eigenvalue weighted by Crippen LogP contribution is -2.30. The van der Waals surface area contributed by atoms with E-state index in [1.165, 1.54) is 135 Å². The zero-order valence-corrected chi connectivity index (χ0v) is 57.6. The monoisotopic (exact) mass is 1270 g/mol. The Bertz CT molecular complexity index is 1700. The molecule has 3 unspecified atom stereocenters. The van der Waals surface area contributed by atoms with Crippen LogP contribution in [0.3, 0.4) is 0 Å². The zero-order chi connectivity index (χ0) is 63.8. The highest BCUT2D eigenvalue weighted by molar-refractivity contribution is 7.47. The lowest BCUT2D eigenvalue weighted by molar-refractivity contribution is -0.161. The number of unbranched alkanes of at least 4 members (excludes halogenated alkanes) is 32. The van der Waals surface area contributed by atoms with Crippen molar-refractivity contribution >= 4 is 39.5 Å². The Morgan fingerprint density at radius 2 is 0.593 bits per heavy atom. The first-order valence-corrected chi connectivity index (χ1v) is 37.9. The van der Waals surface area contributed by atoms with Crippen molar-refractivity contribution in [2.75, 3.05) is 39.6 Å². The standard InChI is InChI=1S/C67H130O17P2/c1-8-10-11-31-41-48-64(69)77-54-62(84-67(72)51-44-37-30-29-34-40-47-60(7)9-2)56-81-85(73,74)79-52-61(68)53-80-86(75,76)82-57-63(55-78-65(70)49-42-35-27-23-20-19-22-26-33-39-46-59(5)6)83-66(71)50-43-36-28-24-18-16-14-12-13-15-17-21-25-32-38-45-58(3)4/h58-63,68H,8-57H2,1-7H3,(H,73,74)(H,75,76)/t60?,61-,62+,63+/m0/s1. The van der Waals surface area contributed by atoms with Crippen LogP contribution in [0.4, 0.5) is 0 Å². The first kappa shape index (κ1) is 84.1. The molecule has 19 heteroatoms. The molecule has 0 radical (unpaired) electrons. The molecule has 0 aliphatic rings. The van der Waals surface area contributed by atoms with Gasteiger partial charge in [-0.1, -0.05) is 280 Å². The molecular formula is C67H130O17P2. The van der Waals surface area contributed by atoms with E-state index in [1.54, 1.807) is 0 Å². The smallest absolute Gasteiger partial charge is 0.462 e. The van der Waals surface area contributed by atoms with Crippen molar-refractivity contribution in [3.8, 4) is 0 Å². The van der Waals surface area contributed by atoms with E-state index >= 15 is 0 Å². The predicted octanol–water partition coefficient (Wildman–Crippen LogP) is 18.7. The van der Waals surface area contributed by atoms with Crippen LogP contribution >= 0.6 is 15.6 Å². The van der Waals surface area contributed by atoms with E-state index < -0.39 is 97.5 Å². The number of carbonyl (C=O) groups is 4. The number of carbonyl (C=O) groups excluding carboxylic acids is 4. The first-order valence-electron chi connectivity index (χ1n) is 34.9. The van der Waals surface area contributed by atoms with Gasteiger partial charge in [-0.15, -0.1) is 0 Å². The molecule has 6 atom stereocenters. The Balaban J connectivity index is 5.16. The number of hydrogen-bond acceptors (Lipinski definition) is 15. The van der Waals surface area contributed by atoms with Crippen LogP contribution < -0.4 is 0 Å². The van der Waals surface area contributed by atoms with Crippen LogP contribution in [0.25, 0.3) is 0 Å². The van der Waals surface area contributed by atoms with Crippen LogP contribution in [0.15, 0.2) is 0 Å². The fraction of sp³-hybridized carbons (Fsp3) is 0.940. The summed E-state index contributed by atoms with van der Waals surface area (Å²) in [6.07, 6.45) is 40.8. The summed E-state index contributed by atoms with van der Waals surface area (Å²) in [6, 6.07) is 0. The van der Waals surface area contributed by atoms with Gasteiger partial charge >= 0.3 is 39.5 Å². The van der Waals surface area contributed by atoms with Crippen molar-refractivity contribution in [1.82, 2.24) is 0 Å². The summed E-state index contributed by atoms with van der Waals surface area (Å²) in [6.45, 7) is 11.7. The van der Waals surface area contributed by atoms with Gasteiger partial charge in [0.1, 0.15) is 19.3 Å². The minimum atomic E-state index is -4.95. The number of aliphatic hydroxyl groups excluding tert-OH is 1. The predicted molar refractivity (Wildman–Crippen MR) is 344 cm³/mol. The van der Waals surface area contributed by atoms with Crippen LogP contribution in [-0.2, 0) is 65.4 Å². The fourth-order valence-electron chi connectivity index (χ4n) is 9.98. The Hall–Kier alpha value is -1.94. The summed E-state index contributed by atoms with van der Waals surface area (Å²) < 4.78 is 67.9. The second kappa shape index (κ2) is 58.2. The number of esters is 4. The third-order valence-electron chi connectivity index (χ3n) is 15.7. The number of aliphatic hydroxyl groups is 1. The molecule has 0 aliphatic carbocycles. The quantitative estimate of drug-likeness (QED) is 0.0222. The topological polar surface area (TPSA) is 237 Å². The largest absolute Gasteiger partial charge is 0.472 e. The molecule has 0 saturated heterocycles. The normalized spacial score (nSPS) is 14.6. The van der Waals surface area contributed by atoms with Gasteiger partial charge in [0.05, 0.1) is 26.4 Å². The van der Waals surface area contributed by atoms with Gasteiger partial charge in [-0.05, 0) is 43.4 Å². The number of hydrogen-bond donors (Lipinski definition) is 3. The number of phosphoric acid groups is 2. The highest BCUT2D eigenvalue weighted by Gasteiger charge is 2.30. The molecule has 0 heterocycles. The van der Waals surface area contributed by atoms with Gasteiger partial charge in [0, 0.05) is 25.7 Å². The fourth-order valence-corrected chi connectivity index (χ4v) is 11.6. The molecule has 0 rings (SSSR count). The van der Waals surface area contributed by atoms with Crippen LogP contribution in [0.2, 0.25) is 0 Å². The number of phosphoric ester groups is 2. The van der Waals surface area contributed by atoms with Crippen molar-refractivity contribution < 1.29 is 80.2 Å². The van der Waals surface area contributed by atoms with Crippen LogP contribution in [0.1, 0.15) is 331 Å². The molecule has 86 heavy (non-hydrogen) atoms. The highest BCUT2D eigenvalue weighted by atomic mass is 31.2. The summed E-state index contributed by atoms with van der Waals surface area (Å²) in [5.41, 5.74) is 0. The average molecular weight is 1270 g/mol. The van der Waals surface area contributed by atoms with Gasteiger partial charge in [-0.3, -0.25) is 37.3 Å². The van der Waals surface area contributed by atoms with E-state index in [0.717, 1.165) is 114 Å². The van der Waals surface area contributed by atoms with Crippen molar-refractivity contribution in [1.29, 1.82) is 0 Å². The summed E-state index contributed by atoms with van der Waals surface area (Å²) in [7, 11) is -9.89. The third kappa shape index (κ3) is 59.7. The lowest BCUT2D eigenvalue weighted by atomic mass is 10.00. The third-order valence-corrected chi connectivity index (χ3v) is 17.6. The molecule has 0 saturated carbocycles. The minimum absolute atomic E-state index is 0.102.